The fraction of sp³-hybridized carbons (Fsp3) is 0.316. The smallest absolute Gasteiger partial charge is 0.319 e. The molecule has 25 heavy (non-hydrogen) atoms. The van der Waals surface area contributed by atoms with E-state index < -0.39 is 0 Å². The second-order valence-corrected chi connectivity index (χ2v) is 5.91. The van der Waals surface area contributed by atoms with Crippen LogP contribution in [0.25, 0.3) is 0 Å². The Hall–Kier alpha value is -2.89. The minimum Gasteiger partial charge on any atom is -0.492 e. The minimum atomic E-state index is -0.291. The number of fused-ring (bicyclic) bond motifs is 1. The summed E-state index contributed by atoms with van der Waals surface area (Å²) >= 11 is 0. The van der Waals surface area contributed by atoms with Crippen LogP contribution in [0.1, 0.15) is 11.1 Å². The van der Waals surface area contributed by atoms with Crippen LogP contribution in [0, 0.1) is 13.8 Å². The Morgan fingerprint density at radius 3 is 2.52 bits per heavy atom. The van der Waals surface area contributed by atoms with Gasteiger partial charge in [0.1, 0.15) is 25.6 Å². The number of benzene rings is 2. The van der Waals surface area contributed by atoms with Gasteiger partial charge in [0.15, 0.2) is 11.5 Å². The van der Waals surface area contributed by atoms with Crippen molar-refractivity contribution in [1.82, 2.24) is 5.32 Å². The third kappa shape index (κ3) is 4.79. The van der Waals surface area contributed by atoms with Crippen LogP contribution in [0.4, 0.5) is 10.5 Å². The summed E-state index contributed by atoms with van der Waals surface area (Å²) < 4.78 is 16.6. The summed E-state index contributed by atoms with van der Waals surface area (Å²) in [6.07, 6.45) is 0. The molecule has 0 saturated carbocycles. The van der Waals surface area contributed by atoms with E-state index >= 15 is 0 Å². The van der Waals surface area contributed by atoms with Crippen molar-refractivity contribution in [3.63, 3.8) is 0 Å². The van der Waals surface area contributed by atoms with E-state index in [1.54, 1.807) is 18.2 Å². The number of rotatable bonds is 5. The number of carbonyl (C=O) groups is 1. The second-order valence-electron chi connectivity index (χ2n) is 5.91. The van der Waals surface area contributed by atoms with Gasteiger partial charge >= 0.3 is 6.03 Å². The third-order valence-electron chi connectivity index (χ3n) is 3.65. The van der Waals surface area contributed by atoms with Gasteiger partial charge in [0.25, 0.3) is 0 Å². The molecule has 2 amide bonds. The molecule has 1 aliphatic rings. The Morgan fingerprint density at radius 1 is 1.04 bits per heavy atom. The van der Waals surface area contributed by atoms with Crippen LogP contribution in [0.2, 0.25) is 0 Å². The van der Waals surface area contributed by atoms with Gasteiger partial charge in [-0.1, -0.05) is 6.07 Å². The van der Waals surface area contributed by atoms with Crippen molar-refractivity contribution in [2.24, 2.45) is 0 Å². The Balaban J connectivity index is 1.43. The van der Waals surface area contributed by atoms with Gasteiger partial charge in [0, 0.05) is 11.8 Å². The Bertz CT molecular complexity index is 741. The van der Waals surface area contributed by atoms with Crippen LogP contribution in [0.3, 0.4) is 0 Å². The molecule has 6 nitrogen and oxygen atoms in total. The van der Waals surface area contributed by atoms with Crippen molar-refractivity contribution in [3.8, 4) is 17.2 Å². The zero-order valence-corrected chi connectivity index (χ0v) is 14.4. The van der Waals surface area contributed by atoms with Gasteiger partial charge < -0.3 is 24.8 Å². The maximum Gasteiger partial charge on any atom is 0.319 e. The summed E-state index contributed by atoms with van der Waals surface area (Å²) in [6, 6.07) is 11.1. The summed E-state index contributed by atoms with van der Waals surface area (Å²) in [6.45, 7) is 5.91. The van der Waals surface area contributed by atoms with E-state index in [2.05, 4.69) is 16.7 Å². The minimum absolute atomic E-state index is 0.291. The van der Waals surface area contributed by atoms with Crippen LogP contribution in [0.15, 0.2) is 36.4 Å². The molecule has 2 aromatic rings. The lowest BCUT2D eigenvalue weighted by molar-refractivity contribution is 0.171. The van der Waals surface area contributed by atoms with Gasteiger partial charge in [-0.25, -0.2) is 4.79 Å². The topological polar surface area (TPSA) is 68.8 Å². The highest BCUT2D eigenvalue weighted by atomic mass is 16.6. The molecule has 0 saturated heterocycles. The number of amides is 2. The summed E-state index contributed by atoms with van der Waals surface area (Å²) in [7, 11) is 0. The normalized spacial score (nSPS) is 12.4. The van der Waals surface area contributed by atoms with Crippen LogP contribution in [-0.2, 0) is 0 Å². The zero-order chi connectivity index (χ0) is 17.6. The molecular formula is C19H22N2O4. The fourth-order valence-electron chi connectivity index (χ4n) is 2.65. The largest absolute Gasteiger partial charge is 0.492 e. The first-order valence-electron chi connectivity index (χ1n) is 8.26. The van der Waals surface area contributed by atoms with Gasteiger partial charge in [-0.3, -0.25) is 0 Å². The molecule has 0 spiro atoms. The highest BCUT2D eigenvalue weighted by molar-refractivity contribution is 5.89. The second kappa shape index (κ2) is 7.79. The summed E-state index contributed by atoms with van der Waals surface area (Å²) in [5.41, 5.74) is 2.95. The molecule has 2 N–H and O–H groups in total. The number of urea groups is 1. The van der Waals surface area contributed by atoms with Gasteiger partial charge in [-0.2, -0.15) is 0 Å². The third-order valence-corrected chi connectivity index (χ3v) is 3.65. The molecule has 0 radical (unpaired) electrons. The summed E-state index contributed by atoms with van der Waals surface area (Å²) in [4.78, 5) is 12.0. The highest BCUT2D eigenvalue weighted by Gasteiger charge is 2.12. The molecule has 132 valence electrons. The van der Waals surface area contributed by atoms with E-state index in [0.717, 1.165) is 16.9 Å². The molecule has 1 aliphatic heterocycles. The number of aryl methyl sites for hydroxylation is 2. The predicted molar refractivity (Wildman–Crippen MR) is 95.9 cm³/mol. The van der Waals surface area contributed by atoms with Crippen molar-refractivity contribution in [2.45, 2.75) is 13.8 Å². The Labute approximate surface area is 147 Å². The molecule has 0 unspecified atom stereocenters. The van der Waals surface area contributed by atoms with Crippen molar-refractivity contribution < 1.29 is 19.0 Å². The first-order valence-corrected chi connectivity index (χ1v) is 8.26. The fourth-order valence-corrected chi connectivity index (χ4v) is 2.65. The number of nitrogens with one attached hydrogen (secondary N) is 2. The Kier molecular flexibility index (Phi) is 5.28. The van der Waals surface area contributed by atoms with Crippen molar-refractivity contribution in [1.29, 1.82) is 0 Å². The molecule has 0 bridgehead atoms. The SMILES string of the molecule is Cc1cc(C)cc(OCCNC(=O)Nc2ccc3c(c2)OCCO3)c1. The quantitative estimate of drug-likeness (QED) is 0.818. The first-order chi connectivity index (χ1) is 12.1. The maximum atomic E-state index is 12.0. The van der Waals surface area contributed by atoms with Crippen LogP contribution in [-0.4, -0.2) is 32.4 Å². The van der Waals surface area contributed by atoms with Crippen molar-refractivity contribution >= 4 is 11.7 Å². The van der Waals surface area contributed by atoms with Crippen LogP contribution >= 0.6 is 0 Å². The van der Waals surface area contributed by atoms with Crippen LogP contribution < -0.4 is 24.8 Å². The van der Waals surface area contributed by atoms with Gasteiger partial charge in [0.05, 0.1) is 6.54 Å². The summed E-state index contributed by atoms with van der Waals surface area (Å²) in [5, 5.41) is 5.53. The molecule has 0 fully saturated rings. The van der Waals surface area contributed by atoms with Gasteiger partial charge in [-0.05, 0) is 49.2 Å². The zero-order valence-electron chi connectivity index (χ0n) is 14.4. The van der Waals surface area contributed by atoms with E-state index in [9.17, 15) is 4.79 Å². The van der Waals surface area contributed by atoms with Crippen LogP contribution in [0.5, 0.6) is 17.2 Å². The standard InChI is InChI=1S/C19H22N2O4/c1-13-9-14(2)11-16(10-13)23-6-5-20-19(22)21-15-3-4-17-18(12-15)25-8-7-24-17/h3-4,9-12H,5-8H2,1-2H3,(H2,20,21,22). The van der Waals surface area contributed by atoms with Gasteiger partial charge in [0.2, 0.25) is 0 Å². The van der Waals surface area contributed by atoms with E-state index in [1.807, 2.05) is 26.0 Å². The van der Waals surface area contributed by atoms with E-state index in [-0.39, 0.29) is 6.03 Å². The predicted octanol–water partition coefficient (Wildman–Crippen LogP) is 3.28. The maximum absolute atomic E-state index is 12.0. The lowest BCUT2D eigenvalue weighted by Crippen LogP contribution is -2.32. The highest BCUT2D eigenvalue weighted by Crippen LogP contribution is 2.32. The number of carbonyl (C=O) groups excluding carboxylic acids is 1. The molecule has 2 aromatic carbocycles. The number of hydrogen-bond donors (Lipinski definition) is 2. The number of hydrogen-bond acceptors (Lipinski definition) is 4. The molecule has 0 atom stereocenters. The summed E-state index contributed by atoms with van der Waals surface area (Å²) in [5.74, 6) is 2.15. The molecule has 0 aliphatic carbocycles. The molecule has 0 aromatic heterocycles. The lowest BCUT2D eigenvalue weighted by Gasteiger charge is -2.19. The monoisotopic (exact) mass is 342 g/mol. The van der Waals surface area contributed by atoms with Crippen molar-refractivity contribution in [3.05, 3.63) is 47.5 Å². The first kappa shape index (κ1) is 17.0. The van der Waals surface area contributed by atoms with E-state index in [1.165, 1.54) is 0 Å². The Morgan fingerprint density at radius 2 is 1.76 bits per heavy atom. The molecule has 3 rings (SSSR count). The van der Waals surface area contributed by atoms with Gasteiger partial charge in [-0.15, -0.1) is 0 Å². The van der Waals surface area contributed by atoms with E-state index in [4.69, 9.17) is 14.2 Å². The molecule has 1 heterocycles. The molecular weight excluding hydrogens is 320 g/mol. The lowest BCUT2D eigenvalue weighted by atomic mass is 10.1. The molecule has 6 heteroatoms. The van der Waals surface area contributed by atoms with Crippen molar-refractivity contribution in [2.75, 3.05) is 31.7 Å². The van der Waals surface area contributed by atoms with E-state index in [0.29, 0.717) is 43.6 Å². The number of ether oxygens (including phenoxy) is 3. The average molecular weight is 342 g/mol. The number of anilines is 1. The average Bonchev–Trinajstić information content (AvgIpc) is 2.58.